The average Bonchev–Trinajstić information content (AvgIpc) is 2.47. The van der Waals surface area contributed by atoms with Crippen molar-refractivity contribution in [3.05, 3.63) is 31.1 Å². The zero-order chi connectivity index (χ0) is 9.84. The third-order valence-electron chi connectivity index (χ3n) is 1.60. The van der Waals surface area contributed by atoms with Crippen LogP contribution < -0.4 is 5.73 Å². The van der Waals surface area contributed by atoms with E-state index in [0.29, 0.717) is 11.8 Å². The summed E-state index contributed by atoms with van der Waals surface area (Å²) in [4.78, 5) is 21.3. The molecule has 1 saturated carbocycles. The Labute approximate surface area is 77.4 Å². The van der Waals surface area contributed by atoms with Crippen LogP contribution in [0.3, 0.4) is 0 Å². The normalized spacial score (nSPS) is 18.8. The summed E-state index contributed by atoms with van der Waals surface area (Å²) in [5.41, 5.74) is 5.09. The second-order valence-electron chi connectivity index (χ2n) is 2.61. The van der Waals surface area contributed by atoms with Crippen LogP contribution in [0.1, 0.15) is 6.92 Å². The molecule has 0 saturated heterocycles. The second-order valence-corrected chi connectivity index (χ2v) is 2.61. The molecule has 0 aromatic heterocycles. The number of rotatable bonds is 3. The second kappa shape index (κ2) is 4.25. The van der Waals surface area contributed by atoms with E-state index in [0.717, 1.165) is 0 Å². The molecule has 0 unspecified atom stereocenters. The highest BCUT2D eigenvalue weighted by Crippen LogP contribution is 2.32. The van der Waals surface area contributed by atoms with Crippen LogP contribution in [0.2, 0.25) is 0 Å². The van der Waals surface area contributed by atoms with E-state index in [4.69, 9.17) is 10.5 Å². The highest BCUT2D eigenvalue weighted by Gasteiger charge is 2.34. The molecular formula is C9H10NO3. The van der Waals surface area contributed by atoms with Gasteiger partial charge >= 0.3 is 5.97 Å². The molecule has 0 bridgehead atoms. The van der Waals surface area contributed by atoms with Gasteiger partial charge in [-0.2, -0.15) is 0 Å². The summed E-state index contributed by atoms with van der Waals surface area (Å²) in [7, 11) is 0. The highest BCUT2D eigenvalue weighted by atomic mass is 16.5. The smallest absolute Gasteiger partial charge is 0.302 e. The number of carbonyl (C=O) groups excluding carboxylic acids is 2. The van der Waals surface area contributed by atoms with Crippen LogP contribution in [-0.4, -0.2) is 18.5 Å². The van der Waals surface area contributed by atoms with Crippen molar-refractivity contribution in [2.45, 2.75) is 6.92 Å². The Morgan fingerprint density at radius 1 is 1.46 bits per heavy atom. The number of nitrogens with two attached hydrogens (primary N) is 1. The summed E-state index contributed by atoms with van der Waals surface area (Å²) in [5.74, 6) is 0.160. The molecule has 13 heavy (non-hydrogen) atoms. The van der Waals surface area contributed by atoms with Crippen molar-refractivity contribution in [1.82, 2.24) is 0 Å². The summed E-state index contributed by atoms with van der Waals surface area (Å²) >= 11 is 0. The molecule has 0 spiro atoms. The van der Waals surface area contributed by atoms with Crippen molar-refractivity contribution >= 4 is 11.9 Å². The van der Waals surface area contributed by atoms with Gasteiger partial charge in [-0.1, -0.05) is 0 Å². The molecule has 0 aromatic carbocycles. The molecule has 1 aliphatic rings. The van der Waals surface area contributed by atoms with Gasteiger partial charge in [-0.15, -0.1) is 0 Å². The van der Waals surface area contributed by atoms with Gasteiger partial charge in [0.2, 0.25) is 5.91 Å². The van der Waals surface area contributed by atoms with E-state index in [1.54, 1.807) is 19.3 Å². The maximum atomic E-state index is 10.8. The number of hydrogen-bond acceptors (Lipinski definition) is 3. The predicted molar refractivity (Wildman–Crippen MR) is 45.2 cm³/mol. The first-order valence-electron chi connectivity index (χ1n) is 3.79. The molecule has 69 valence electrons. The Bertz CT molecular complexity index is 215. The lowest BCUT2D eigenvalue weighted by atomic mass is 9.96. The van der Waals surface area contributed by atoms with E-state index in [9.17, 15) is 9.59 Å². The Morgan fingerprint density at radius 3 is 2.69 bits per heavy atom. The molecular weight excluding hydrogens is 170 g/mol. The minimum Gasteiger partial charge on any atom is -0.465 e. The number of primary amides is 1. The summed E-state index contributed by atoms with van der Waals surface area (Å²) in [6, 6.07) is 0. The van der Waals surface area contributed by atoms with Crippen LogP contribution in [0.15, 0.2) is 0 Å². The maximum Gasteiger partial charge on any atom is 0.302 e. The molecule has 0 heterocycles. The number of hydrogen-bond donors (Lipinski definition) is 1. The molecule has 4 nitrogen and oxygen atoms in total. The molecule has 1 fully saturated rings. The fourth-order valence-corrected chi connectivity index (χ4v) is 1.00. The topological polar surface area (TPSA) is 69.4 Å². The van der Waals surface area contributed by atoms with Crippen molar-refractivity contribution in [3.8, 4) is 0 Å². The summed E-state index contributed by atoms with van der Waals surface area (Å²) < 4.78 is 4.73. The van der Waals surface area contributed by atoms with E-state index in [1.165, 1.54) is 6.92 Å². The lowest BCUT2D eigenvalue weighted by Crippen LogP contribution is -2.26. The fourth-order valence-electron chi connectivity index (χ4n) is 1.00. The minimum atomic E-state index is -0.507. The monoisotopic (exact) mass is 180 g/mol. The number of esters is 1. The van der Waals surface area contributed by atoms with Crippen molar-refractivity contribution in [3.63, 3.8) is 0 Å². The maximum absolute atomic E-state index is 10.8. The van der Waals surface area contributed by atoms with E-state index >= 15 is 0 Å². The van der Waals surface area contributed by atoms with Gasteiger partial charge in [-0.3, -0.25) is 9.59 Å². The molecule has 4 heteroatoms. The van der Waals surface area contributed by atoms with Gasteiger partial charge in [-0.25, -0.2) is 0 Å². The molecule has 1 amide bonds. The Hall–Kier alpha value is -1.06. The van der Waals surface area contributed by atoms with Gasteiger partial charge in [0.25, 0.3) is 0 Å². The van der Waals surface area contributed by atoms with Crippen LogP contribution in [0, 0.1) is 31.1 Å². The van der Waals surface area contributed by atoms with E-state index < -0.39 is 5.91 Å². The first kappa shape index (κ1) is 10.0. The Kier molecular flexibility index (Phi) is 3.28. The standard InChI is InChI=1S/C9H10NO3/c1-6(11)13-5-7-3-2-4-8(7)9(10)12/h2-4H,5H2,1H3,(H2,10,12). The molecule has 0 atom stereocenters. The highest BCUT2D eigenvalue weighted by molar-refractivity contribution is 5.96. The van der Waals surface area contributed by atoms with Crippen molar-refractivity contribution in [2.24, 2.45) is 5.73 Å². The first-order valence-corrected chi connectivity index (χ1v) is 3.79. The Balaban J connectivity index is 2.39. The molecule has 0 aromatic rings. The lowest BCUT2D eigenvalue weighted by molar-refractivity contribution is -0.140. The largest absolute Gasteiger partial charge is 0.465 e. The van der Waals surface area contributed by atoms with Gasteiger partial charge in [-0.05, 0) is 19.3 Å². The quantitative estimate of drug-likeness (QED) is 0.612. The van der Waals surface area contributed by atoms with Crippen LogP contribution >= 0.6 is 0 Å². The third kappa shape index (κ3) is 2.72. The van der Waals surface area contributed by atoms with E-state index in [2.05, 4.69) is 0 Å². The number of carbonyl (C=O) groups is 2. The van der Waals surface area contributed by atoms with Gasteiger partial charge in [0.1, 0.15) is 0 Å². The lowest BCUT2D eigenvalue weighted by Gasteiger charge is -2.13. The van der Waals surface area contributed by atoms with Gasteiger partial charge < -0.3 is 10.5 Å². The summed E-state index contributed by atoms with van der Waals surface area (Å²) in [5, 5.41) is 0. The Morgan fingerprint density at radius 2 is 2.15 bits per heavy atom. The SMILES string of the molecule is CC(=O)OC[C]1[CH][CH][CH][C]1C(N)=O. The van der Waals surface area contributed by atoms with Gasteiger partial charge in [0.15, 0.2) is 0 Å². The van der Waals surface area contributed by atoms with E-state index in [-0.39, 0.29) is 12.6 Å². The molecule has 2 N–H and O–H groups in total. The number of amides is 1. The fraction of sp³-hybridized carbons (Fsp3) is 0.222. The summed E-state index contributed by atoms with van der Waals surface area (Å²) in [6.07, 6.45) is 4.99. The van der Waals surface area contributed by atoms with Crippen LogP contribution in [0.5, 0.6) is 0 Å². The molecule has 0 aliphatic heterocycles. The van der Waals surface area contributed by atoms with Gasteiger partial charge in [0.05, 0.1) is 12.5 Å². The van der Waals surface area contributed by atoms with Crippen molar-refractivity contribution in [2.75, 3.05) is 6.61 Å². The van der Waals surface area contributed by atoms with Crippen LogP contribution in [-0.2, 0) is 14.3 Å². The minimum absolute atomic E-state index is 0.0978. The third-order valence-corrected chi connectivity index (χ3v) is 1.60. The predicted octanol–water partition coefficient (Wildman–Crippen LogP) is -0.190. The van der Waals surface area contributed by atoms with Crippen molar-refractivity contribution < 1.29 is 14.3 Å². The average molecular weight is 180 g/mol. The van der Waals surface area contributed by atoms with Crippen LogP contribution in [0.25, 0.3) is 0 Å². The molecule has 5 radical (unpaired) electrons. The first-order chi connectivity index (χ1) is 6.11. The molecule has 1 aliphatic carbocycles. The van der Waals surface area contributed by atoms with Crippen LogP contribution in [0.4, 0.5) is 0 Å². The van der Waals surface area contributed by atoms with Crippen molar-refractivity contribution in [1.29, 1.82) is 0 Å². The zero-order valence-corrected chi connectivity index (χ0v) is 7.24. The summed E-state index contributed by atoms with van der Waals surface area (Å²) in [6.45, 7) is 1.41. The van der Waals surface area contributed by atoms with E-state index in [1.807, 2.05) is 0 Å². The number of ether oxygens (including phenoxy) is 1. The molecule has 1 rings (SSSR count). The van der Waals surface area contributed by atoms with Gasteiger partial charge in [0, 0.05) is 12.8 Å². The zero-order valence-electron chi connectivity index (χ0n) is 7.24.